The number of hydrogen-bond acceptors (Lipinski definition) is 3. The van der Waals surface area contributed by atoms with Crippen molar-refractivity contribution in [2.45, 2.75) is 45.2 Å². The van der Waals surface area contributed by atoms with Crippen LogP contribution in [0.3, 0.4) is 0 Å². The minimum Gasteiger partial charge on any atom is -0.394 e. The maximum absolute atomic E-state index is 8.98. The zero-order valence-electron chi connectivity index (χ0n) is 9.24. The van der Waals surface area contributed by atoms with Gasteiger partial charge in [0, 0.05) is 17.3 Å². The van der Waals surface area contributed by atoms with E-state index in [1.165, 1.54) is 11.3 Å². The van der Waals surface area contributed by atoms with E-state index in [2.05, 4.69) is 12.0 Å². The first-order valence-corrected chi connectivity index (χ1v) is 5.72. The van der Waals surface area contributed by atoms with Crippen LogP contribution in [0.15, 0.2) is 0 Å². The molecule has 0 aliphatic heterocycles. The van der Waals surface area contributed by atoms with Crippen LogP contribution in [0.1, 0.15) is 42.8 Å². The molecule has 0 saturated heterocycles. The van der Waals surface area contributed by atoms with Crippen LogP contribution in [-0.2, 0) is 19.4 Å². The number of nitrogens with zero attached hydrogens (tertiary/aromatic N) is 2. The van der Waals surface area contributed by atoms with E-state index in [9.17, 15) is 0 Å². The predicted octanol–water partition coefficient (Wildman–Crippen LogP) is 0.774. The zero-order chi connectivity index (χ0) is 10.8. The van der Waals surface area contributed by atoms with Gasteiger partial charge in [-0.2, -0.15) is 5.10 Å². The minimum atomic E-state index is 0.145. The number of fused-ring (bicyclic) bond motifs is 1. The molecule has 2 rings (SSSR count). The molecule has 84 valence electrons. The summed E-state index contributed by atoms with van der Waals surface area (Å²) >= 11 is 0. The molecule has 1 aliphatic rings. The van der Waals surface area contributed by atoms with Crippen LogP contribution in [0.5, 0.6) is 0 Å². The summed E-state index contributed by atoms with van der Waals surface area (Å²) < 4.78 is 1.94. The number of aromatic nitrogens is 2. The van der Waals surface area contributed by atoms with Crippen LogP contribution in [-0.4, -0.2) is 21.5 Å². The van der Waals surface area contributed by atoms with E-state index >= 15 is 0 Å². The second-order valence-corrected chi connectivity index (χ2v) is 4.11. The van der Waals surface area contributed by atoms with Gasteiger partial charge in [0.2, 0.25) is 0 Å². The van der Waals surface area contributed by atoms with Crippen LogP contribution in [0.2, 0.25) is 0 Å². The zero-order valence-corrected chi connectivity index (χ0v) is 9.24. The molecule has 1 heterocycles. The van der Waals surface area contributed by atoms with Gasteiger partial charge >= 0.3 is 0 Å². The molecule has 0 spiro atoms. The van der Waals surface area contributed by atoms with Crippen molar-refractivity contribution >= 4 is 0 Å². The van der Waals surface area contributed by atoms with Crippen molar-refractivity contribution in [3.05, 3.63) is 17.0 Å². The summed E-state index contributed by atoms with van der Waals surface area (Å²) in [6, 6.07) is 0.149. The summed E-state index contributed by atoms with van der Waals surface area (Å²) in [5, 5.41) is 13.5. The fourth-order valence-corrected chi connectivity index (χ4v) is 2.43. The molecule has 4 nitrogen and oxygen atoms in total. The van der Waals surface area contributed by atoms with Gasteiger partial charge < -0.3 is 10.8 Å². The lowest BCUT2D eigenvalue weighted by molar-refractivity contribution is 0.266. The number of nitrogens with two attached hydrogens (primary N) is 1. The smallest absolute Gasteiger partial charge is 0.0672 e. The van der Waals surface area contributed by atoms with Crippen molar-refractivity contribution in [2.75, 3.05) is 6.61 Å². The van der Waals surface area contributed by atoms with Gasteiger partial charge in [0.1, 0.15) is 0 Å². The van der Waals surface area contributed by atoms with E-state index in [0.29, 0.717) is 6.54 Å². The molecule has 4 heteroatoms. The summed E-state index contributed by atoms with van der Waals surface area (Å²) in [4.78, 5) is 0. The Labute approximate surface area is 90.1 Å². The van der Waals surface area contributed by atoms with Crippen molar-refractivity contribution in [3.8, 4) is 0 Å². The minimum absolute atomic E-state index is 0.145. The topological polar surface area (TPSA) is 64.1 Å². The van der Waals surface area contributed by atoms with Crippen molar-refractivity contribution < 1.29 is 5.11 Å². The van der Waals surface area contributed by atoms with E-state index in [4.69, 9.17) is 10.8 Å². The molecule has 1 aromatic heterocycles. The highest BCUT2D eigenvalue weighted by Gasteiger charge is 2.24. The van der Waals surface area contributed by atoms with Crippen LogP contribution in [0, 0.1) is 0 Å². The largest absolute Gasteiger partial charge is 0.394 e. The second-order valence-electron chi connectivity index (χ2n) is 4.11. The average molecular weight is 209 g/mol. The van der Waals surface area contributed by atoms with Gasteiger partial charge in [0.15, 0.2) is 0 Å². The van der Waals surface area contributed by atoms with Crippen molar-refractivity contribution in [2.24, 2.45) is 5.73 Å². The first-order chi connectivity index (χ1) is 7.27. The maximum Gasteiger partial charge on any atom is 0.0672 e. The molecule has 1 aliphatic carbocycles. The molecule has 0 radical (unpaired) electrons. The Hall–Kier alpha value is -0.870. The summed E-state index contributed by atoms with van der Waals surface area (Å²) in [5.74, 6) is 0. The van der Waals surface area contributed by atoms with Crippen molar-refractivity contribution in [3.63, 3.8) is 0 Å². The predicted molar refractivity (Wildman–Crippen MR) is 58.6 cm³/mol. The van der Waals surface area contributed by atoms with E-state index in [1.807, 2.05) is 4.68 Å². The molecule has 1 atom stereocenters. The first kappa shape index (κ1) is 10.6. The number of aliphatic hydroxyl groups is 1. The van der Waals surface area contributed by atoms with Crippen LogP contribution < -0.4 is 5.73 Å². The molecular formula is C11H19N3O. The molecule has 0 saturated carbocycles. The van der Waals surface area contributed by atoms with Gasteiger partial charge in [-0.15, -0.1) is 0 Å². The Morgan fingerprint density at radius 2 is 2.40 bits per heavy atom. The Morgan fingerprint density at radius 3 is 3.07 bits per heavy atom. The van der Waals surface area contributed by atoms with Crippen molar-refractivity contribution in [1.82, 2.24) is 9.78 Å². The molecule has 1 unspecified atom stereocenters. The summed E-state index contributed by atoms with van der Waals surface area (Å²) in [6.45, 7) is 2.84. The first-order valence-electron chi connectivity index (χ1n) is 5.72. The number of aliphatic hydroxyl groups excluding tert-OH is 1. The highest BCUT2D eigenvalue weighted by molar-refractivity contribution is 5.32. The lowest BCUT2D eigenvalue weighted by Gasteiger charge is -2.20. The fraction of sp³-hybridized carbons (Fsp3) is 0.727. The number of rotatable bonds is 3. The third-order valence-electron chi connectivity index (χ3n) is 3.12. The molecule has 0 bridgehead atoms. The average Bonchev–Trinajstić information content (AvgIpc) is 2.59. The van der Waals surface area contributed by atoms with Crippen molar-refractivity contribution in [1.29, 1.82) is 0 Å². The van der Waals surface area contributed by atoms with Gasteiger partial charge in [-0.25, -0.2) is 0 Å². The quantitative estimate of drug-likeness (QED) is 0.773. The number of hydrogen-bond donors (Lipinski definition) is 2. The lowest BCUT2D eigenvalue weighted by Crippen LogP contribution is -2.19. The van der Waals surface area contributed by atoms with Gasteiger partial charge in [0.25, 0.3) is 0 Å². The summed E-state index contributed by atoms with van der Waals surface area (Å²) in [7, 11) is 0. The Bertz CT molecular complexity index is 346. The molecule has 0 amide bonds. The third kappa shape index (κ3) is 1.79. The van der Waals surface area contributed by atoms with Gasteiger partial charge in [-0.05, 0) is 25.7 Å². The van der Waals surface area contributed by atoms with Gasteiger partial charge in [-0.3, -0.25) is 4.68 Å². The molecule has 1 aromatic rings. The molecule has 3 N–H and O–H groups in total. The van der Waals surface area contributed by atoms with Crippen LogP contribution in [0.4, 0.5) is 0 Å². The Kier molecular flexibility index (Phi) is 3.07. The third-order valence-corrected chi connectivity index (χ3v) is 3.12. The van der Waals surface area contributed by atoms with E-state index < -0.39 is 0 Å². The lowest BCUT2D eigenvalue weighted by atomic mass is 9.91. The molecule has 0 aromatic carbocycles. The highest BCUT2D eigenvalue weighted by atomic mass is 16.3. The fourth-order valence-electron chi connectivity index (χ4n) is 2.43. The Morgan fingerprint density at radius 1 is 1.60 bits per heavy atom. The standard InChI is InChI=1S/C11H19N3O/c1-2-9-11-8(12)4-3-5-10(11)14(13-9)6-7-15/h8,15H,2-7,12H2,1H3. The van der Waals surface area contributed by atoms with Crippen LogP contribution in [0.25, 0.3) is 0 Å². The Balaban J connectivity index is 2.42. The SMILES string of the molecule is CCc1nn(CCO)c2c1C(N)CCC2. The normalized spacial score (nSPS) is 20.3. The van der Waals surface area contributed by atoms with E-state index in [1.54, 1.807) is 0 Å². The van der Waals surface area contributed by atoms with Gasteiger partial charge in [-0.1, -0.05) is 6.92 Å². The molecular weight excluding hydrogens is 190 g/mol. The van der Waals surface area contributed by atoms with Gasteiger partial charge in [0.05, 0.1) is 18.8 Å². The van der Waals surface area contributed by atoms with E-state index in [0.717, 1.165) is 31.4 Å². The molecule has 15 heavy (non-hydrogen) atoms. The van der Waals surface area contributed by atoms with Crippen LogP contribution >= 0.6 is 0 Å². The highest BCUT2D eigenvalue weighted by Crippen LogP contribution is 2.30. The second kappa shape index (κ2) is 4.33. The van der Waals surface area contributed by atoms with E-state index in [-0.39, 0.29) is 12.6 Å². The summed E-state index contributed by atoms with van der Waals surface area (Å²) in [5.41, 5.74) is 9.73. The monoisotopic (exact) mass is 209 g/mol. The molecule has 0 fully saturated rings. The number of aryl methyl sites for hydroxylation is 1. The maximum atomic E-state index is 8.98. The summed E-state index contributed by atoms with van der Waals surface area (Å²) in [6.07, 6.45) is 4.17.